The molecule has 2 N–H and O–H groups in total. The number of carbonyl (C=O) groups is 1. The zero-order chi connectivity index (χ0) is 15.2. The number of rotatable bonds is 5. The summed E-state index contributed by atoms with van der Waals surface area (Å²) in [5.74, 6) is 1.44. The van der Waals surface area contributed by atoms with Crippen molar-refractivity contribution >= 4 is 18.3 Å². The number of piperidine rings is 1. The Bertz CT molecular complexity index is 456. The van der Waals surface area contributed by atoms with Gasteiger partial charge in [0, 0.05) is 6.54 Å². The van der Waals surface area contributed by atoms with Crippen LogP contribution in [-0.2, 0) is 4.79 Å². The third kappa shape index (κ3) is 4.89. The second kappa shape index (κ2) is 9.01. The Morgan fingerprint density at radius 3 is 2.50 bits per heavy atom. The molecule has 1 aliphatic rings. The van der Waals surface area contributed by atoms with Gasteiger partial charge in [0.1, 0.15) is 5.75 Å². The molecule has 0 spiro atoms. The predicted octanol–water partition coefficient (Wildman–Crippen LogP) is 2.93. The van der Waals surface area contributed by atoms with E-state index in [9.17, 15) is 4.79 Å². The summed E-state index contributed by atoms with van der Waals surface area (Å²) in [5, 5.41) is 6.52. The van der Waals surface area contributed by atoms with E-state index in [0.29, 0.717) is 5.92 Å². The van der Waals surface area contributed by atoms with Gasteiger partial charge in [-0.3, -0.25) is 4.79 Å². The van der Waals surface area contributed by atoms with Gasteiger partial charge in [-0.1, -0.05) is 26.0 Å². The molecule has 22 heavy (non-hydrogen) atoms. The van der Waals surface area contributed by atoms with Gasteiger partial charge in [-0.2, -0.15) is 0 Å². The van der Waals surface area contributed by atoms with Gasteiger partial charge in [-0.25, -0.2) is 0 Å². The lowest BCUT2D eigenvalue weighted by Crippen LogP contribution is -2.42. The van der Waals surface area contributed by atoms with E-state index in [1.54, 1.807) is 7.11 Å². The third-order valence-corrected chi connectivity index (χ3v) is 4.11. The average Bonchev–Trinajstić information content (AvgIpc) is 2.53. The van der Waals surface area contributed by atoms with E-state index in [2.05, 4.69) is 24.5 Å². The molecule has 0 aliphatic carbocycles. The molecule has 1 saturated heterocycles. The Morgan fingerprint density at radius 2 is 2.00 bits per heavy atom. The van der Waals surface area contributed by atoms with E-state index in [1.807, 2.05) is 24.3 Å². The molecule has 1 aromatic rings. The first-order chi connectivity index (χ1) is 10.1. The van der Waals surface area contributed by atoms with E-state index >= 15 is 0 Å². The van der Waals surface area contributed by atoms with Crippen molar-refractivity contribution < 1.29 is 9.53 Å². The summed E-state index contributed by atoms with van der Waals surface area (Å²) in [7, 11) is 1.66. The molecular formula is C17H27ClN2O2. The van der Waals surface area contributed by atoms with E-state index in [-0.39, 0.29) is 30.3 Å². The number of hydrogen-bond donors (Lipinski definition) is 2. The van der Waals surface area contributed by atoms with Crippen LogP contribution in [0.5, 0.6) is 5.75 Å². The number of halogens is 1. The summed E-state index contributed by atoms with van der Waals surface area (Å²) in [6.45, 7) is 6.08. The Balaban J connectivity index is 0.00000242. The first-order valence-corrected chi connectivity index (χ1v) is 7.77. The van der Waals surface area contributed by atoms with Crippen molar-refractivity contribution in [1.29, 1.82) is 0 Å². The second-order valence-corrected chi connectivity index (χ2v) is 6.05. The van der Waals surface area contributed by atoms with Crippen LogP contribution in [0.3, 0.4) is 0 Å². The smallest absolute Gasteiger partial charge is 0.224 e. The van der Waals surface area contributed by atoms with Gasteiger partial charge in [0.25, 0.3) is 0 Å². The molecule has 2 atom stereocenters. The highest BCUT2D eigenvalue weighted by molar-refractivity contribution is 5.85. The van der Waals surface area contributed by atoms with Crippen LogP contribution in [0, 0.1) is 11.8 Å². The van der Waals surface area contributed by atoms with Gasteiger partial charge >= 0.3 is 0 Å². The molecule has 0 bridgehead atoms. The molecule has 2 rings (SSSR count). The standard InChI is InChI=1S/C17H26N2O2.ClH/c1-12(2)16(13-6-8-15(21-3)9-7-13)19-17(20)14-5-4-10-18-11-14;/h6-9,12,14,16,18H,4-5,10-11H2,1-3H3,(H,19,20);1H. The van der Waals surface area contributed by atoms with Gasteiger partial charge in [0.2, 0.25) is 5.91 Å². The van der Waals surface area contributed by atoms with Gasteiger partial charge in [-0.05, 0) is 43.0 Å². The van der Waals surface area contributed by atoms with Crippen molar-refractivity contribution in [3.05, 3.63) is 29.8 Å². The van der Waals surface area contributed by atoms with Gasteiger partial charge < -0.3 is 15.4 Å². The number of nitrogens with one attached hydrogen (secondary N) is 2. The number of amides is 1. The molecule has 5 heteroatoms. The lowest BCUT2D eigenvalue weighted by Gasteiger charge is -2.28. The Kier molecular flexibility index (Phi) is 7.69. The molecule has 1 aliphatic heterocycles. The number of carbonyl (C=O) groups excluding carboxylic acids is 1. The molecule has 2 unspecified atom stereocenters. The predicted molar refractivity (Wildman–Crippen MR) is 91.6 cm³/mol. The molecule has 1 heterocycles. The maximum Gasteiger partial charge on any atom is 0.224 e. The van der Waals surface area contributed by atoms with Crippen LogP contribution in [0.25, 0.3) is 0 Å². The first-order valence-electron chi connectivity index (χ1n) is 7.77. The minimum atomic E-state index is 0. The largest absolute Gasteiger partial charge is 0.497 e. The van der Waals surface area contributed by atoms with Crippen LogP contribution in [0.2, 0.25) is 0 Å². The maximum atomic E-state index is 12.4. The highest BCUT2D eigenvalue weighted by atomic mass is 35.5. The third-order valence-electron chi connectivity index (χ3n) is 4.11. The zero-order valence-electron chi connectivity index (χ0n) is 13.6. The van der Waals surface area contributed by atoms with Crippen LogP contribution >= 0.6 is 12.4 Å². The van der Waals surface area contributed by atoms with Crippen molar-refractivity contribution in [2.75, 3.05) is 20.2 Å². The summed E-state index contributed by atoms with van der Waals surface area (Å²) >= 11 is 0. The molecule has 124 valence electrons. The molecule has 1 aromatic carbocycles. The van der Waals surface area contributed by atoms with Gasteiger partial charge in [-0.15, -0.1) is 12.4 Å². The molecule has 0 aromatic heterocycles. The Hall–Kier alpha value is -1.26. The van der Waals surface area contributed by atoms with Gasteiger partial charge in [0.15, 0.2) is 0 Å². The number of methoxy groups -OCH3 is 1. The summed E-state index contributed by atoms with van der Waals surface area (Å²) in [6, 6.07) is 7.99. The molecule has 0 saturated carbocycles. The highest BCUT2D eigenvalue weighted by Gasteiger charge is 2.25. The van der Waals surface area contributed by atoms with Crippen molar-refractivity contribution in [3.8, 4) is 5.75 Å². The van der Waals surface area contributed by atoms with E-state index < -0.39 is 0 Å². The topological polar surface area (TPSA) is 50.4 Å². The van der Waals surface area contributed by atoms with Crippen LogP contribution < -0.4 is 15.4 Å². The SMILES string of the molecule is COc1ccc(C(NC(=O)C2CCCNC2)C(C)C)cc1.Cl. The van der Waals surface area contributed by atoms with Gasteiger partial charge in [0.05, 0.1) is 19.1 Å². The number of ether oxygens (including phenoxy) is 1. The zero-order valence-corrected chi connectivity index (χ0v) is 14.4. The van der Waals surface area contributed by atoms with Crippen LogP contribution in [0.1, 0.15) is 38.3 Å². The lowest BCUT2D eigenvalue weighted by molar-refractivity contribution is -0.126. The summed E-state index contributed by atoms with van der Waals surface area (Å²) < 4.78 is 5.19. The second-order valence-electron chi connectivity index (χ2n) is 6.05. The monoisotopic (exact) mass is 326 g/mol. The summed E-state index contributed by atoms with van der Waals surface area (Å²) in [6.07, 6.45) is 2.05. The highest BCUT2D eigenvalue weighted by Crippen LogP contribution is 2.25. The number of hydrogen-bond acceptors (Lipinski definition) is 3. The Labute approximate surface area is 139 Å². The van der Waals surface area contributed by atoms with E-state index in [1.165, 1.54) is 0 Å². The van der Waals surface area contributed by atoms with Crippen molar-refractivity contribution in [1.82, 2.24) is 10.6 Å². The van der Waals surface area contributed by atoms with Crippen molar-refractivity contribution in [3.63, 3.8) is 0 Å². The minimum absolute atomic E-state index is 0. The van der Waals surface area contributed by atoms with Crippen LogP contribution in [0.15, 0.2) is 24.3 Å². The fourth-order valence-corrected chi connectivity index (χ4v) is 2.79. The number of benzene rings is 1. The fourth-order valence-electron chi connectivity index (χ4n) is 2.79. The van der Waals surface area contributed by atoms with Crippen LogP contribution in [0.4, 0.5) is 0 Å². The van der Waals surface area contributed by atoms with Crippen molar-refractivity contribution in [2.24, 2.45) is 11.8 Å². The summed E-state index contributed by atoms with van der Waals surface area (Å²) in [5.41, 5.74) is 1.13. The summed E-state index contributed by atoms with van der Waals surface area (Å²) in [4.78, 5) is 12.4. The fraction of sp³-hybridized carbons (Fsp3) is 0.588. The lowest BCUT2D eigenvalue weighted by atomic mass is 9.93. The first kappa shape index (κ1) is 18.8. The van der Waals surface area contributed by atoms with Crippen LogP contribution in [-0.4, -0.2) is 26.1 Å². The molecule has 1 fully saturated rings. The normalized spacial score (nSPS) is 19.2. The maximum absolute atomic E-state index is 12.4. The molecule has 0 radical (unpaired) electrons. The molecule has 4 nitrogen and oxygen atoms in total. The quantitative estimate of drug-likeness (QED) is 0.874. The Morgan fingerprint density at radius 1 is 1.32 bits per heavy atom. The molecule has 1 amide bonds. The van der Waals surface area contributed by atoms with E-state index in [4.69, 9.17) is 4.74 Å². The minimum Gasteiger partial charge on any atom is -0.497 e. The molecular weight excluding hydrogens is 300 g/mol. The van der Waals surface area contributed by atoms with E-state index in [0.717, 1.165) is 37.2 Å². The van der Waals surface area contributed by atoms with Crippen molar-refractivity contribution in [2.45, 2.75) is 32.7 Å². The average molecular weight is 327 g/mol.